The fourth-order valence-corrected chi connectivity index (χ4v) is 3.15. The highest BCUT2D eigenvalue weighted by Gasteiger charge is 2.11. The summed E-state index contributed by atoms with van der Waals surface area (Å²) in [5, 5.41) is 0. The van der Waals surface area contributed by atoms with Crippen LogP contribution in [0.25, 0.3) is 0 Å². The summed E-state index contributed by atoms with van der Waals surface area (Å²) in [6.07, 6.45) is 0.872. The third-order valence-corrected chi connectivity index (χ3v) is 3.82. The summed E-state index contributed by atoms with van der Waals surface area (Å²) < 4.78 is 11.0. The zero-order valence-corrected chi connectivity index (χ0v) is 13.8. The molecule has 0 N–H and O–H groups in total. The maximum absolute atomic E-state index is 5.58. The van der Waals surface area contributed by atoms with Gasteiger partial charge in [-0.25, -0.2) is 0 Å². The summed E-state index contributed by atoms with van der Waals surface area (Å²) in [5.74, 6) is 1.97. The molecule has 0 aliphatic heterocycles. The molecule has 0 radical (unpaired) electrons. The molecule has 0 saturated heterocycles. The maximum Gasteiger partial charge on any atom is 0.125 e. The van der Waals surface area contributed by atoms with Gasteiger partial charge in [-0.15, -0.1) is 0 Å². The van der Waals surface area contributed by atoms with Gasteiger partial charge in [-0.2, -0.15) is 0 Å². The van der Waals surface area contributed by atoms with Crippen molar-refractivity contribution in [1.82, 2.24) is 0 Å². The van der Waals surface area contributed by atoms with E-state index in [4.69, 9.17) is 9.47 Å². The molecule has 0 bridgehead atoms. The monoisotopic (exact) mass is 284 g/mol. The van der Waals surface area contributed by atoms with Gasteiger partial charge >= 0.3 is 0 Å². The van der Waals surface area contributed by atoms with E-state index in [0.717, 1.165) is 17.9 Å². The van der Waals surface area contributed by atoms with Crippen molar-refractivity contribution >= 4 is 0 Å². The first-order chi connectivity index (χ1) is 9.96. The van der Waals surface area contributed by atoms with E-state index in [1.807, 2.05) is 0 Å². The molecule has 112 valence electrons. The van der Waals surface area contributed by atoms with Gasteiger partial charge in [-0.05, 0) is 55.5 Å². The molecule has 21 heavy (non-hydrogen) atoms. The largest absolute Gasteiger partial charge is 0.496 e. The molecule has 2 aromatic rings. The lowest BCUT2D eigenvalue weighted by molar-refractivity contribution is 0.406. The van der Waals surface area contributed by atoms with E-state index in [0.29, 0.717) is 0 Å². The fraction of sp³-hybridized carbons (Fsp3) is 0.368. The Hall–Kier alpha value is -1.96. The van der Waals surface area contributed by atoms with Crippen LogP contribution in [0.1, 0.15) is 33.4 Å². The first-order valence-electron chi connectivity index (χ1n) is 7.24. The molecule has 0 heterocycles. The van der Waals surface area contributed by atoms with Gasteiger partial charge in [-0.3, -0.25) is 0 Å². The Labute approximate surface area is 127 Å². The minimum absolute atomic E-state index is 0.872. The number of aryl methyl sites for hydroxylation is 4. The van der Waals surface area contributed by atoms with E-state index < -0.39 is 0 Å². The molecule has 2 nitrogen and oxygen atoms in total. The van der Waals surface area contributed by atoms with Crippen LogP contribution < -0.4 is 9.47 Å². The van der Waals surface area contributed by atoms with Gasteiger partial charge in [0.25, 0.3) is 0 Å². The van der Waals surface area contributed by atoms with Gasteiger partial charge in [-0.1, -0.05) is 29.8 Å². The molecule has 0 aromatic heterocycles. The summed E-state index contributed by atoms with van der Waals surface area (Å²) >= 11 is 0. The third kappa shape index (κ3) is 3.21. The van der Waals surface area contributed by atoms with Gasteiger partial charge in [0.1, 0.15) is 11.5 Å². The molecule has 0 amide bonds. The quantitative estimate of drug-likeness (QED) is 0.821. The average molecular weight is 284 g/mol. The Kier molecular flexibility index (Phi) is 4.56. The van der Waals surface area contributed by atoms with E-state index in [2.05, 4.69) is 52.0 Å². The van der Waals surface area contributed by atoms with Crippen molar-refractivity contribution in [2.75, 3.05) is 14.2 Å². The highest BCUT2D eigenvalue weighted by Crippen LogP contribution is 2.30. The van der Waals surface area contributed by atoms with Gasteiger partial charge in [0.2, 0.25) is 0 Å². The minimum Gasteiger partial charge on any atom is -0.496 e. The zero-order valence-electron chi connectivity index (χ0n) is 13.8. The summed E-state index contributed by atoms with van der Waals surface area (Å²) in [6.45, 7) is 8.41. The van der Waals surface area contributed by atoms with Gasteiger partial charge in [0, 0.05) is 6.42 Å². The van der Waals surface area contributed by atoms with Gasteiger partial charge in [0.15, 0.2) is 0 Å². The standard InChI is InChI=1S/C19H24O2/c1-12-7-13(2)19(21-6)17(8-12)11-16-9-14(3)18(20-5)15(4)10-16/h7-10H,11H2,1-6H3. The van der Waals surface area contributed by atoms with E-state index >= 15 is 0 Å². The van der Waals surface area contributed by atoms with Crippen LogP contribution in [0.2, 0.25) is 0 Å². The number of benzene rings is 2. The molecule has 0 fully saturated rings. The van der Waals surface area contributed by atoms with E-state index in [9.17, 15) is 0 Å². The van der Waals surface area contributed by atoms with Crippen LogP contribution in [0, 0.1) is 27.7 Å². The van der Waals surface area contributed by atoms with Gasteiger partial charge in [0.05, 0.1) is 14.2 Å². The number of methoxy groups -OCH3 is 2. The Morgan fingerprint density at radius 2 is 1.24 bits per heavy atom. The summed E-state index contributed by atoms with van der Waals surface area (Å²) in [5.41, 5.74) is 7.33. The third-order valence-electron chi connectivity index (χ3n) is 3.82. The number of hydrogen-bond donors (Lipinski definition) is 0. The van der Waals surface area contributed by atoms with Crippen molar-refractivity contribution in [2.24, 2.45) is 0 Å². The van der Waals surface area contributed by atoms with Crippen molar-refractivity contribution in [3.05, 3.63) is 57.6 Å². The second-order valence-electron chi connectivity index (χ2n) is 5.71. The van der Waals surface area contributed by atoms with Crippen molar-refractivity contribution in [3.8, 4) is 11.5 Å². The van der Waals surface area contributed by atoms with Crippen LogP contribution in [-0.4, -0.2) is 14.2 Å². The van der Waals surface area contributed by atoms with Crippen LogP contribution in [0.4, 0.5) is 0 Å². The molecule has 0 spiro atoms. The topological polar surface area (TPSA) is 18.5 Å². The fourth-order valence-electron chi connectivity index (χ4n) is 3.15. The second-order valence-corrected chi connectivity index (χ2v) is 5.71. The van der Waals surface area contributed by atoms with Crippen LogP contribution >= 0.6 is 0 Å². The lowest BCUT2D eigenvalue weighted by Gasteiger charge is -2.15. The lowest BCUT2D eigenvalue weighted by atomic mass is 9.96. The minimum atomic E-state index is 0.872. The average Bonchev–Trinajstić information content (AvgIpc) is 2.37. The molecule has 0 unspecified atom stereocenters. The molecule has 2 rings (SSSR count). The Morgan fingerprint density at radius 3 is 1.76 bits per heavy atom. The molecular formula is C19H24O2. The molecule has 0 saturated carbocycles. The first-order valence-corrected chi connectivity index (χ1v) is 7.24. The maximum atomic E-state index is 5.58. The zero-order chi connectivity index (χ0) is 15.6. The number of ether oxygens (including phenoxy) is 2. The summed E-state index contributed by atoms with van der Waals surface area (Å²) in [7, 11) is 3.47. The molecule has 0 atom stereocenters. The Morgan fingerprint density at radius 1 is 0.714 bits per heavy atom. The second kappa shape index (κ2) is 6.21. The Balaban J connectivity index is 2.43. The van der Waals surface area contributed by atoms with Crippen LogP contribution in [-0.2, 0) is 6.42 Å². The normalized spacial score (nSPS) is 10.6. The SMILES string of the molecule is COc1c(C)cc(Cc2cc(C)cc(C)c2OC)cc1C. The van der Waals surface area contributed by atoms with Crippen LogP contribution in [0.5, 0.6) is 11.5 Å². The van der Waals surface area contributed by atoms with Crippen LogP contribution in [0.15, 0.2) is 24.3 Å². The first kappa shape index (κ1) is 15.4. The Bertz CT molecular complexity index is 634. The van der Waals surface area contributed by atoms with E-state index in [-0.39, 0.29) is 0 Å². The van der Waals surface area contributed by atoms with E-state index in [1.165, 1.54) is 33.4 Å². The molecule has 2 heteroatoms. The number of rotatable bonds is 4. The predicted octanol–water partition coefficient (Wildman–Crippen LogP) is 4.53. The highest BCUT2D eigenvalue weighted by atomic mass is 16.5. The lowest BCUT2D eigenvalue weighted by Crippen LogP contribution is -1.99. The van der Waals surface area contributed by atoms with Crippen molar-refractivity contribution in [1.29, 1.82) is 0 Å². The van der Waals surface area contributed by atoms with Crippen LogP contribution in [0.3, 0.4) is 0 Å². The van der Waals surface area contributed by atoms with Crippen molar-refractivity contribution in [3.63, 3.8) is 0 Å². The summed E-state index contributed by atoms with van der Waals surface area (Å²) in [6, 6.07) is 8.76. The van der Waals surface area contributed by atoms with Gasteiger partial charge < -0.3 is 9.47 Å². The smallest absolute Gasteiger partial charge is 0.125 e. The number of hydrogen-bond acceptors (Lipinski definition) is 2. The van der Waals surface area contributed by atoms with Crippen molar-refractivity contribution in [2.45, 2.75) is 34.1 Å². The summed E-state index contributed by atoms with van der Waals surface area (Å²) in [4.78, 5) is 0. The molecule has 0 aliphatic carbocycles. The van der Waals surface area contributed by atoms with Crippen molar-refractivity contribution < 1.29 is 9.47 Å². The highest BCUT2D eigenvalue weighted by molar-refractivity contribution is 5.49. The molecular weight excluding hydrogens is 260 g/mol. The molecule has 0 aliphatic rings. The predicted molar refractivity (Wildman–Crippen MR) is 87.7 cm³/mol. The van der Waals surface area contributed by atoms with E-state index in [1.54, 1.807) is 14.2 Å². The molecule has 2 aromatic carbocycles.